The molecule has 1 aromatic rings. The summed E-state index contributed by atoms with van der Waals surface area (Å²) in [5.41, 5.74) is 6.78. The number of amides is 1. The molecule has 6 nitrogen and oxygen atoms in total. The van der Waals surface area contributed by atoms with Crippen LogP contribution < -0.4 is 11.1 Å². The van der Waals surface area contributed by atoms with Crippen LogP contribution in [0.2, 0.25) is 0 Å². The lowest BCUT2D eigenvalue weighted by atomic mass is 9.97. The minimum atomic E-state index is -0.668. The van der Waals surface area contributed by atoms with Gasteiger partial charge in [-0.05, 0) is 12.8 Å². The van der Waals surface area contributed by atoms with Gasteiger partial charge in [0.2, 0.25) is 5.91 Å². The molecule has 4 N–H and O–H groups in total. The summed E-state index contributed by atoms with van der Waals surface area (Å²) in [6.07, 6.45) is 7.56. The number of anilines is 1. The zero-order valence-corrected chi connectivity index (χ0v) is 12.0. The van der Waals surface area contributed by atoms with Crippen molar-refractivity contribution < 1.29 is 9.53 Å². The van der Waals surface area contributed by atoms with Crippen LogP contribution in [0.3, 0.4) is 0 Å². The van der Waals surface area contributed by atoms with Gasteiger partial charge in [-0.1, -0.05) is 25.7 Å². The van der Waals surface area contributed by atoms with Crippen LogP contribution in [0.1, 0.15) is 50.1 Å². The zero-order chi connectivity index (χ0) is 14.4. The van der Waals surface area contributed by atoms with Crippen molar-refractivity contribution in [3.63, 3.8) is 0 Å². The summed E-state index contributed by atoms with van der Waals surface area (Å²) in [7, 11) is 1.52. The number of ether oxygens (including phenoxy) is 1. The van der Waals surface area contributed by atoms with Gasteiger partial charge < -0.3 is 15.8 Å². The van der Waals surface area contributed by atoms with Gasteiger partial charge in [0.1, 0.15) is 6.04 Å². The molecule has 0 radical (unpaired) electrons. The van der Waals surface area contributed by atoms with Gasteiger partial charge in [-0.15, -0.1) is 0 Å². The monoisotopic (exact) mass is 280 g/mol. The van der Waals surface area contributed by atoms with E-state index in [0.29, 0.717) is 11.7 Å². The van der Waals surface area contributed by atoms with Crippen LogP contribution in [0.25, 0.3) is 0 Å². The molecule has 0 bridgehead atoms. The molecule has 0 saturated heterocycles. The van der Waals surface area contributed by atoms with Crippen LogP contribution >= 0.6 is 0 Å². The van der Waals surface area contributed by atoms with Gasteiger partial charge in [0.15, 0.2) is 5.82 Å². The molecule has 112 valence electrons. The number of hydrogen-bond acceptors (Lipinski definition) is 4. The number of hydrogen-bond donors (Lipinski definition) is 3. The maximum Gasteiger partial charge on any atom is 0.244 e. The third kappa shape index (κ3) is 4.05. The minimum Gasteiger partial charge on any atom is -0.383 e. The molecule has 1 saturated carbocycles. The van der Waals surface area contributed by atoms with Crippen molar-refractivity contribution in [1.29, 1.82) is 0 Å². The second-order valence-electron chi connectivity index (χ2n) is 5.45. The van der Waals surface area contributed by atoms with Gasteiger partial charge in [0, 0.05) is 24.8 Å². The SMILES string of the molecule is COCC(N)C(=O)Nc1cc(C2CCCCCC2)[nH]n1. The smallest absolute Gasteiger partial charge is 0.244 e. The standard InChI is InChI=1S/C14H24N4O2/c1-20-9-11(15)14(19)16-13-8-12(17-18-13)10-6-4-2-3-5-7-10/h8,10-11H,2-7,9,15H2,1H3,(H2,16,17,18,19). The zero-order valence-electron chi connectivity index (χ0n) is 12.0. The van der Waals surface area contributed by atoms with Crippen LogP contribution in [-0.2, 0) is 9.53 Å². The Morgan fingerprint density at radius 3 is 2.85 bits per heavy atom. The van der Waals surface area contributed by atoms with E-state index >= 15 is 0 Å². The molecule has 1 heterocycles. The minimum absolute atomic E-state index is 0.200. The summed E-state index contributed by atoms with van der Waals surface area (Å²) in [6.45, 7) is 0.200. The number of aromatic amines is 1. The summed E-state index contributed by atoms with van der Waals surface area (Å²) >= 11 is 0. The van der Waals surface area contributed by atoms with Gasteiger partial charge in [-0.2, -0.15) is 5.10 Å². The van der Waals surface area contributed by atoms with Crippen molar-refractivity contribution in [2.24, 2.45) is 5.73 Å². The van der Waals surface area contributed by atoms with Crippen LogP contribution in [0, 0.1) is 0 Å². The highest BCUT2D eigenvalue weighted by Gasteiger charge is 2.18. The van der Waals surface area contributed by atoms with E-state index in [4.69, 9.17) is 10.5 Å². The van der Waals surface area contributed by atoms with Crippen molar-refractivity contribution in [1.82, 2.24) is 10.2 Å². The Morgan fingerprint density at radius 2 is 2.20 bits per heavy atom. The third-order valence-electron chi connectivity index (χ3n) is 3.83. The second-order valence-corrected chi connectivity index (χ2v) is 5.45. The average Bonchev–Trinajstić information content (AvgIpc) is 2.73. The number of nitrogens with zero attached hydrogens (tertiary/aromatic N) is 1. The molecular formula is C14H24N4O2. The first-order valence-electron chi connectivity index (χ1n) is 7.31. The van der Waals surface area contributed by atoms with E-state index in [2.05, 4.69) is 15.5 Å². The molecule has 1 amide bonds. The van der Waals surface area contributed by atoms with E-state index in [1.807, 2.05) is 6.07 Å². The van der Waals surface area contributed by atoms with Crippen LogP contribution in [0.5, 0.6) is 0 Å². The number of carbonyl (C=O) groups excluding carboxylic acids is 1. The van der Waals surface area contributed by atoms with Gasteiger partial charge in [-0.3, -0.25) is 9.89 Å². The topological polar surface area (TPSA) is 93.0 Å². The van der Waals surface area contributed by atoms with Gasteiger partial charge in [0.05, 0.1) is 6.61 Å². The molecule has 20 heavy (non-hydrogen) atoms. The molecule has 2 rings (SSSR count). The predicted octanol–water partition coefficient (Wildman–Crippen LogP) is 1.76. The van der Waals surface area contributed by atoms with Crippen molar-refractivity contribution in [2.75, 3.05) is 19.0 Å². The molecule has 1 aromatic heterocycles. The number of carbonyl (C=O) groups is 1. The van der Waals surface area contributed by atoms with Crippen molar-refractivity contribution in [3.8, 4) is 0 Å². The fourth-order valence-corrected chi connectivity index (χ4v) is 2.67. The molecular weight excluding hydrogens is 256 g/mol. The Labute approximate surface area is 119 Å². The van der Waals surface area contributed by atoms with E-state index in [0.717, 1.165) is 5.69 Å². The molecule has 0 spiro atoms. The number of nitrogens with one attached hydrogen (secondary N) is 2. The van der Waals surface area contributed by atoms with Gasteiger partial charge in [-0.25, -0.2) is 0 Å². The largest absolute Gasteiger partial charge is 0.383 e. The Bertz CT molecular complexity index is 425. The van der Waals surface area contributed by atoms with E-state index < -0.39 is 6.04 Å². The van der Waals surface area contributed by atoms with Crippen LogP contribution in [0.15, 0.2) is 6.07 Å². The van der Waals surface area contributed by atoms with E-state index in [1.165, 1.54) is 45.6 Å². The predicted molar refractivity (Wildman–Crippen MR) is 77.5 cm³/mol. The summed E-state index contributed by atoms with van der Waals surface area (Å²) in [5.74, 6) is 0.801. The number of H-pyrrole nitrogens is 1. The first-order valence-corrected chi connectivity index (χ1v) is 7.31. The van der Waals surface area contributed by atoms with Crippen LogP contribution in [0.4, 0.5) is 5.82 Å². The van der Waals surface area contributed by atoms with Crippen molar-refractivity contribution in [2.45, 2.75) is 50.5 Å². The van der Waals surface area contributed by atoms with Gasteiger partial charge >= 0.3 is 0 Å². The second kappa shape index (κ2) is 7.40. The quantitative estimate of drug-likeness (QED) is 0.716. The lowest BCUT2D eigenvalue weighted by Crippen LogP contribution is -2.39. The Kier molecular flexibility index (Phi) is 5.55. The number of rotatable bonds is 5. The summed E-state index contributed by atoms with van der Waals surface area (Å²) < 4.78 is 4.86. The lowest BCUT2D eigenvalue weighted by Gasteiger charge is -2.10. The molecule has 1 aliphatic rings. The van der Waals surface area contributed by atoms with E-state index in [1.54, 1.807) is 0 Å². The van der Waals surface area contributed by atoms with Gasteiger partial charge in [0.25, 0.3) is 0 Å². The Hall–Kier alpha value is -1.40. The summed E-state index contributed by atoms with van der Waals surface area (Å²) in [6, 6.07) is 1.26. The van der Waals surface area contributed by atoms with E-state index in [9.17, 15) is 4.79 Å². The maximum absolute atomic E-state index is 11.8. The van der Waals surface area contributed by atoms with Crippen molar-refractivity contribution in [3.05, 3.63) is 11.8 Å². The fraction of sp³-hybridized carbons (Fsp3) is 0.714. The molecule has 1 fully saturated rings. The molecule has 0 aliphatic heterocycles. The highest BCUT2D eigenvalue weighted by molar-refractivity contribution is 5.93. The Morgan fingerprint density at radius 1 is 1.50 bits per heavy atom. The first kappa shape index (κ1) is 15.0. The maximum atomic E-state index is 11.8. The lowest BCUT2D eigenvalue weighted by molar-refractivity contribution is -0.118. The molecule has 1 atom stereocenters. The van der Waals surface area contributed by atoms with Crippen LogP contribution in [-0.4, -0.2) is 35.9 Å². The molecule has 1 unspecified atom stereocenters. The summed E-state index contributed by atoms with van der Waals surface area (Å²) in [5, 5.41) is 9.91. The number of aromatic nitrogens is 2. The highest BCUT2D eigenvalue weighted by Crippen LogP contribution is 2.31. The summed E-state index contributed by atoms with van der Waals surface area (Å²) in [4.78, 5) is 11.8. The van der Waals surface area contributed by atoms with Crippen molar-refractivity contribution >= 4 is 11.7 Å². The number of methoxy groups -OCH3 is 1. The Balaban J connectivity index is 1.92. The normalized spacial score (nSPS) is 18.5. The average molecular weight is 280 g/mol. The first-order chi connectivity index (χ1) is 9.70. The molecule has 6 heteroatoms. The third-order valence-corrected chi connectivity index (χ3v) is 3.83. The fourth-order valence-electron chi connectivity index (χ4n) is 2.67. The number of nitrogens with two attached hydrogens (primary N) is 1. The highest BCUT2D eigenvalue weighted by atomic mass is 16.5. The van der Waals surface area contributed by atoms with E-state index in [-0.39, 0.29) is 12.5 Å². The molecule has 1 aliphatic carbocycles. The molecule has 0 aromatic carbocycles.